The number of aryl methyl sites for hydroxylation is 1. The summed E-state index contributed by atoms with van der Waals surface area (Å²) in [5.74, 6) is 0. The van der Waals surface area contributed by atoms with Crippen LogP contribution >= 0.6 is 0 Å². The maximum atomic E-state index is 10.3. The van der Waals surface area contributed by atoms with E-state index in [0.717, 1.165) is 16.7 Å². The Labute approximate surface area is 158 Å². The molecule has 0 bridgehead atoms. The lowest BCUT2D eigenvalue weighted by atomic mass is 9.99. The lowest BCUT2D eigenvalue weighted by Crippen LogP contribution is -2.58. The maximum absolute atomic E-state index is 10.3. The molecule has 0 saturated carbocycles. The Morgan fingerprint density at radius 2 is 1.63 bits per heavy atom. The molecule has 144 valence electrons. The average molecular weight is 372 g/mol. The van der Waals surface area contributed by atoms with Crippen LogP contribution in [0.15, 0.2) is 54.6 Å². The fourth-order valence-electron chi connectivity index (χ4n) is 3.44. The first-order valence-electron chi connectivity index (χ1n) is 9.14. The van der Waals surface area contributed by atoms with Gasteiger partial charge >= 0.3 is 0 Å². The molecule has 0 radical (unpaired) electrons. The summed E-state index contributed by atoms with van der Waals surface area (Å²) >= 11 is 0. The molecule has 0 spiro atoms. The Balaban J connectivity index is 1.55. The van der Waals surface area contributed by atoms with E-state index in [9.17, 15) is 10.2 Å². The fourth-order valence-corrected chi connectivity index (χ4v) is 3.44. The van der Waals surface area contributed by atoms with Gasteiger partial charge in [0.1, 0.15) is 24.4 Å². The highest BCUT2D eigenvalue weighted by atomic mass is 16.8. The molecule has 0 aromatic heterocycles. The minimum atomic E-state index is -1.08. The molecule has 6 heteroatoms. The average Bonchev–Trinajstić information content (AvgIpc) is 2.73. The summed E-state index contributed by atoms with van der Waals surface area (Å²) in [6, 6.07) is 17.4. The van der Waals surface area contributed by atoms with Crippen molar-refractivity contribution in [3.8, 4) is 0 Å². The van der Waals surface area contributed by atoms with Crippen LogP contribution in [-0.2, 0) is 18.9 Å². The predicted molar refractivity (Wildman–Crippen MR) is 96.8 cm³/mol. The van der Waals surface area contributed by atoms with Gasteiger partial charge in [0.2, 0.25) is 0 Å². The van der Waals surface area contributed by atoms with Crippen LogP contribution < -0.4 is 0 Å². The summed E-state index contributed by atoms with van der Waals surface area (Å²) in [4.78, 5) is 0. The maximum Gasteiger partial charge on any atom is 0.184 e. The lowest BCUT2D eigenvalue weighted by Gasteiger charge is -2.47. The number of fused-ring (bicyclic) bond motifs is 1. The van der Waals surface area contributed by atoms with E-state index >= 15 is 0 Å². The van der Waals surface area contributed by atoms with Gasteiger partial charge in [-0.2, -0.15) is 0 Å². The Kier molecular flexibility index (Phi) is 5.54. The molecular weight excluding hydrogens is 348 g/mol. The Hall–Kier alpha value is -1.80. The molecule has 2 aromatic rings. The van der Waals surface area contributed by atoms with Crippen molar-refractivity contribution >= 4 is 0 Å². The van der Waals surface area contributed by atoms with Crippen LogP contribution in [0.25, 0.3) is 0 Å². The largest absolute Gasteiger partial charge is 0.394 e. The third-order valence-electron chi connectivity index (χ3n) is 4.95. The number of ether oxygens (including phenoxy) is 4. The standard InChI is InChI=1S/C21H24O6/c1-13-7-9-15(10-8-13)21-25-17-12-24-20(14-5-3-2-4-6-14)27-19(17)18(26-21)16(23)11-22/h2-10,16-23H,11-12H2,1H3/t16-,17+,18-,19-,20?,21?/m1/s1. The summed E-state index contributed by atoms with van der Waals surface area (Å²) in [5, 5.41) is 19.8. The second kappa shape index (κ2) is 8.06. The molecule has 2 aliphatic rings. The van der Waals surface area contributed by atoms with E-state index in [0.29, 0.717) is 6.61 Å². The van der Waals surface area contributed by atoms with Crippen molar-refractivity contribution in [3.05, 3.63) is 71.3 Å². The van der Waals surface area contributed by atoms with E-state index in [1.54, 1.807) is 0 Å². The van der Waals surface area contributed by atoms with Crippen molar-refractivity contribution in [1.82, 2.24) is 0 Å². The zero-order valence-electron chi connectivity index (χ0n) is 15.1. The van der Waals surface area contributed by atoms with Crippen molar-refractivity contribution < 1.29 is 29.2 Å². The number of hydrogen-bond donors (Lipinski definition) is 2. The summed E-state index contributed by atoms with van der Waals surface area (Å²) in [5.41, 5.74) is 2.86. The summed E-state index contributed by atoms with van der Waals surface area (Å²) in [7, 11) is 0. The Morgan fingerprint density at radius 3 is 2.33 bits per heavy atom. The predicted octanol–water partition coefficient (Wildman–Crippen LogP) is 2.25. The first-order chi connectivity index (χ1) is 13.2. The molecule has 2 heterocycles. The first kappa shape index (κ1) is 18.6. The van der Waals surface area contributed by atoms with Crippen molar-refractivity contribution in [1.29, 1.82) is 0 Å². The van der Waals surface area contributed by atoms with E-state index in [1.807, 2.05) is 61.5 Å². The van der Waals surface area contributed by atoms with Crippen LogP contribution in [-0.4, -0.2) is 47.8 Å². The molecule has 4 rings (SSSR count). The molecule has 0 aliphatic carbocycles. The molecule has 2 saturated heterocycles. The van der Waals surface area contributed by atoms with Crippen LogP contribution in [0.1, 0.15) is 29.3 Å². The lowest BCUT2D eigenvalue weighted by molar-refractivity contribution is -0.373. The van der Waals surface area contributed by atoms with Gasteiger partial charge in [0.15, 0.2) is 12.6 Å². The Morgan fingerprint density at radius 1 is 0.926 bits per heavy atom. The van der Waals surface area contributed by atoms with Gasteiger partial charge in [-0.1, -0.05) is 60.2 Å². The van der Waals surface area contributed by atoms with Crippen LogP contribution in [0.3, 0.4) is 0 Å². The van der Waals surface area contributed by atoms with Gasteiger partial charge in [0.25, 0.3) is 0 Å². The van der Waals surface area contributed by atoms with E-state index < -0.39 is 43.6 Å². The summed E-state index contributed by atoms with van der Waals surface area (Å²) < 4.78 is 24.0. The molecule has 27 heavy (non-hydrogen) atoms. The molecular formula is C21H24O6. The van der Waals surface area contributed by atoms with Gasteiger partial charge in [-0.3, -0.25) is 0 Å². The van der Waals surface area contributed by atoms with E-state index in [2.05, 4.69) is 0 Å². The minimum absolute atomic E-state index is 0.310. The topological polar surface area (TPSA) is 77.4 Å². The molecule has 2 fully saturated rings. The third kappa shape index (κ3) is 3.91. The van der Waals surface area contributed by atoms with E-state index in [-0.39, 0.29) is 0 Å². The quantitative estimate of drug-likeness (QED) is 0.857. The van der Waals surface area contributed by atoms with E-state index in [1.165, 1.54) is 0 Å². The monoisotopic (exact) mass is 372 g/mol. The van der Waals surface area contributed by atoms with Crippen molar-refractivity contribution in [2.75, 3.05) is 13.2 Å². The number of aliphatic hydroxyl groups excluding tert-OH is 2. The van der Waals surface area contributed by atoms with Gasteiger partial charge in [-0.05, 0) is 6.92 Å². The molecule has 6 atom stereocenters. The zero-order valence-corrected chi connectivity index (χ0v) is 15.1. The van der Waals surface area contributed by atoms with Gasteiger partial charge in [-0.15, -0.1) is 0 Å². The van der Waals surface area contributed by atoms with Gasteiger partial charge in [-0.25, -0.2) is 0 Å². The number of benzene rings is 2. The fraction of sp³-hybridized carbons (Fsp3) is 0.429. The van der Waals surface area contributed by atoms with Crippen molar-refractivity contribution in [2.45, 2.75) is 43.9 Å². The van der Waals surface area contributed by atoms with Gasteiger partial charge in [0.05, 0.1) is 13.2 Å². The molecule has 0 amide bonds. The molecule has 2 aromatic carbocycles. The SMILES string of the molecule is Cc1ccc(C2O[C@H]([C@H](O)CO)[C@@H]3OC(c4ccccc4)OC[C@@H]3O2)cc1. The second-order valence-electron chi connectivity index (χ2n) is 6.94. The molecule has 2 aliphatic heterocycles. The number of hydrogen-bond acceptors (Lipinski definition) is 6. The molecule has 2 N–H and O–H groups in total. The minimum Gasteiger partial charge on any atom is -0.394 e. The third-order valence-corrected chi connectivity index (χ3v) is 4.95. The highest BCUT2D eigenvalue weighted by Crippen LogP contribution is 2.38. The summed E-state index contributed by atoms with van der Waals surface area (Å²) in [6.45, 7) is 1.90. The van der Waals surface area contributed by atoms with Crippen LogP contribution in [0, 0.1) is 6.92 Å². The highest BCUT2D eigenvalue weighted by molar-refractivity contribution is 5.23. The number of rotatable bonds is 4. The summed E-state index contributed by atoms with van der Waals surface area (Å²) in [6.07, 6.45) is -3.98. The number of aliphatic hydroxyl groups is 2. The van der Waals surface area contributed by atoms with Crippen molar-refractivity contribution in [2.24, 2.45) is 0 Å². The van der Waals surface area contributed by atoms with Crippen LogP contribution in [0.5, 0.6) is 0 Å². The highest BCUT2D eigenvalue weighted by Gasteiger charge is 2.48. The molecule has 2 unspecified atom stereocenters. The first-order valence-corrected chi connectivity index (χ1v) is 9.14. The van der Waals surface area contributed by atoms with Crippen LogP contribution in [0.2, 0.25) is 0 Å². The van der Waals surface area contributed by atoms with Gasteiger partial charge < -0.3 is 29.2 Å². The van der Waals surface area contributed by atoms with Crippen molar-refractivity contribution in [3.63, 3.8) is 0 Å². The zero-order chi connectivity index (χ0) is 18.8. The van der Waals surface area contributed by atoms with E-state index in [4.69, 9.17) is 18.9 Å². The van der Waals surface area contributed by atoms with Gasteiger partial charge in [0, 0.05) is 11.1 Å². The Bertz CT molecular complexity index is 734. The van der Waals surface area contributed by atoms with Crippen LogP contribution in [0.4, 0.5) is 0 Å². The second-order valence-corrected chi connectivity index (χ2v) is 6.94. The normalized spacial score (nSPS) is 31.9. The smallest absolute Gasteiger partial charge is 0.184 e. The molecule has 6 nitrogen and oxygen atoms in total.